The number of amides is 1. The second-order valence-corrected chi connectivity index (χ2v) is 8.24. The third kappa shape index (κ3) is 4.12. The molecule has 0 saturated heterocycles. The van der Waals surface area contributed by atoms with Crippen LogP contribution in [0.3, 0.4) is 0 Å². The SMILES string of the molecule is CCOc1ccccc1[C@@H]1CC(c2c(O)n(-c3cc(C)cc(C)c3)c(=O)[nH]c2=O)=NN1C(C)=O. The maximum Gasteiger partial charge on any atom is 0.335 e. The number of para-hydroxylation sites is 1. The third-order valence-electron chi connectivity index (χ3n) is 5.65. The van der Waals surface area contributed by atoms with Gasteiger partial charge < -0.3 is 9.84 Å². The Labute approximate surface area is 195 Å². The van der Waals surface area contributed by atoms with Crippen molar-refractivity contribution in [1.82, 2.24) is 14.6 Å². The Morgan fingerprint density at radius 2 is 1.85 bits per heavy atom. The first-order valence-corrected chi connectivity index (χ1v) is 11.0. The summed E-state index contributed by atoms with van der Waals surface area (Å²) in [5.41, 5.74) is 1.44. The van der Waals surface area contributed by atoms with Gasteiger partial charge in [0, 0.05) is 18.9 Å². The van der Waals surface area contributed by atoms with E-state index in [1.165, 1.54) is 11.9 Å². The molecule has 1 amide bonds. The smallest absolute Gasteiger partial charge is 0.335 e. The molecule has 176 valence electrons. The normalized spacial score (nSPS) is 15.4. The number of aromatic nitrogens is 2. The molecule has 4 rings (SSSR count). The molecule has 9 nitrogen and oxygen atoms in total. The lowest BCUT2D eigenvalue weighted by Crippen LogP contribution is -2.33. The molecular formula is C25H26N4O5. The highest BCUT2D eigenvalue weighted by atomic mass is 16.5. The molecule has 1 atom stereocenters. The molecule has 2 N–H and O–H groups in total. The molecule has 2 heterocycles. The lowest BCUT2D eigenvalue weighted by atomic mass is 9.98. The standard InChI is InChI=1S/C25H26N4O5/c1-5-34-21-9-7-6-8-18(21)20-13-19(27-29(20)16(4)30)22-23(31)26-25(33)28(24(22)32)17-11-14(2)10-15(3)12-17/h6-12,20,32H,5,13H2,1-4H3,(H,26,31,33)/t20-/m0/s1. The van der Waals surface area contributed by atoms with Crippen molar-refractivity contribution in [3.05, 3.63) is 85.6 Å². The number of nitrogens with zero attached hydrogens (tertiary/aromatic N) is 3. The Bertz CT molecular complexity index is 1400. The molecule has 34 heavy (non-hydrogen) atoms. The van der Waals surface area contributed by atoms with Crippen LogP contribution in [0.25, 0.3) is 5.69 Å². The number of carbonyl (C=O) groups excluding carboxylic acids is 1. The predicted octanol–water partition coefficient (Wildman–Crippen LogP) is 2.94. The summed E-state index contributed by atoms with van der Waals surface area (Å²) < 4.78 is 6.77. The van der Waals surface area contributed by atoms with Crippen molar-refractivity contribution in [2.24, 2.45) is 5.10 Å². The number of aromatic hydroxyl groups is 1. The first-order chi connectivity index (χ1) is 16.2. The molecular weight excluding hydrogens is 436 g/mol. The van der Waals surface area contributed by atoms with E-state index < -0.39 is 23.2 Å². The zero-order valence-electron chi connectivity index (χ0n) is 19.5. The van der Waals surface area contributed by atoms with Crippen molar-refractivity contribution in [1.29, 1.82) is 0 Å². The molecule has 0 spiro atoms. The minimum Gasteiger partial charge on any atom is -0.494 e. The van der Waals surface area contributed by atoms with Crippen LogP contribution in [0, 0.1) is 13.8 Å². The minimum absolute atomic E-state index is 0.151. The lowest BCUT2D eigenvalue weighted by Gasteiger charge is -2.22. The van der Waals surface area contributed by atoms with Crippen molar-refractivity contribution in [2.45, 2.75) is 40.2 Å². The molecule has 1 aliphatic rings. The van der Waals surface area contributed by atoms with E-state index in [2.05, 4.69) is 10.1 Å². The van der Waals surface area contributed by atoms with Gasteiger partial charge in [0.25, 0.3) is 5.56 Å². The topological polar surface area (TPSA) is 117 Å². The van der Waals surface area contributed by atoms with Crippen LogP contribution in [0.5, 0.6) is 11.6 Å². The van der Waals surface area contributed by atoms with Crippen LogP contribution in [-0.2, 0) is 4.79 Å². The Morgan fingerprint density at radius 1 is 1.18 bits per heavy atom. The molecule has 0 saturated carbocycles. The highest BCUT2D eigenvalue weighted by Crippen LogP contribution is 2.38. The Hall–Kier alpha value is -4.14. The van der Waals surface area contributed by atoms with Crippen LogP contribution in [-0.4, -0.2) is 37.9 Å². The van der Waals surface area contributed by atoms with E-state index in [1.54, 1.807) is 18.2 Å². The van der Waals surface area contributed by atoms with Gasteiger partial charge in [-0.1, -0.05) is 24.3 Å². The van der Waals surface area contributed by atoms with Gasteiger partial charge in [0.15, 0.2) is 0 Å². The molecule has 0 radical (unpaired) electrons. The molecule has 9 heteroatoms. The summed E-state index contributed by atoms with van der Waals surface area (Å²) in [5, 5.41) is 16.8. The van der Waals surface area contributed by atoms with E-state index in [0.29, 0.717) is 18.0 Å². The third-order valence-corrected chi connectivity index (χ3v) is 5.65. The number of hydrogen-bond donors (Lipinski definition) is 2. The van der Waals surface area contributed by atoms with Gasteiger partial charge in [-0.2, -0.15) is 5.10 Å². The molecule has 0 bridgehead atoms. The van der Waals surface area contributed by atoms with Crippen LogP contribution < -0.4 is 16.0 Å². The summed E-state index contributed by atoms with van der Waals surface area (Å²) in [5.74, 6) is -0.249. The van der Waals surface area contributed by atoms with Gasteiger partial charge in [0.05, 0.1) is 24.0 Å². The highest BCUT2D eigenvalue weighted by Gasteiger charge is 2.36. The molecule has 1 aliphatic heterocycles. The van der Waals surface area contributed by atoms with E-state index in [1.807, 2.05) is 45.0 Å². The van der Waals surface area contributed by atoms with Gasteiger partial charge in [-0.15, -0.1) is 0 Å². The van der Waals surface area contributed by atoms with Gasteiger partial charge in [0.1, 0.15) is 11.3 Å². The minimum atomic E-state index is -0.774. The Morgan fingerprint density at radius 3 is 2.50 bits per heavy atom. The van der Waals surface area contributed by atoms with Crippen molar-refractivity contribution >= 4 is 11.6 Å². The second-order valence-electron chi connectivity index (χ2n) is 8.24. The average Bonchev–Trinajstić information content (AvgIpc) is 3.18. The Kier molecular flexibility index (Phi) is 6.10. The molecule has 2 aromatic carbocycles. The summed E-state index contributed by atoms with van der Waals surface area (Å²) in [6.07, 6.45) is 0.158. The van der Waals surface area contributed by atoms with Crippen molar-refractivity contribution in [3.8, 4) is 17.3 Å². The number of carbonyl (C=O) groups is 1. The number of ether oxygens (including phenoxy) is 1. The van der Waals surface area contributed by atoms with Crippen LogP contribution >= 0.6 is 0 Å². The summed E-state index contributed by atoms with van der Waals surface area (Å²) in [4.78, 5) is 40.2. The zero-order valence-corrected chi connectivity index (χ0v) is 19.5. The van der Waals surface area contributed by atoms with E-state index in [9.17, 15) is 19.5 Å². The summed E-state index contributed by atoms with van der Waals surface area (Å²) in [6.45, 7) is 7.43. The molecule has 0 fully saturated rings. The highest BCUT2D eigenvalue weighted by molar-refractivity contribution is 6.04. The lowest BCUT2D eigenvalue weighted by molar-refractivity contribution is -0.130. The fraction of sp³-hybridized carbons (Fsp3) is 0.280. The number of benzene rings is 2. The van der Waals surface area contributed by atoms with Gasteiger partial charge in [-0.05, 0) is 50.1 Å². The van der Waals surface area contributed by atoms with Gasteiger partial charge in [0.2, 0.25) is 11.8 Å². The fourth-order valence-corrected chi connectivity index (χ4v) is 4.34. The van der Waals surface area contributed by atoms with Crippen LogP contribution in [0.4, 0.5) is 0 Å². The van der Waals surface area contributed by atoms with Gasteiger partial charge in [-0.25, -0.2) is 14.4 Å². The van der Waals surface area contributed by atoms with Crippen molar-refractivity contribution in [2.75, 3.05) is 6.61 Å². The number of nitrogens with one attached hydrogen (secondary N) is 1. The average molecular weight is 463 g/mol. The second kappa shape index (κ2) is 9.01. The van der Waals surface area contributed by atoms with E-state index in [0.717, 1.165) is 21.3 Å². The first kappa shape index (κ1) is 23.0. The number of rotatable bonds is 5. The van der Waals surface area contributed by atoms with Crippen LogP contribution in [0.1, 0.15) is 48.6 Å². The Balaban J connectivity index is 1.85. The van der Waals surface area contributed by atoms with Crippen LogP contribution in [0.15, 0.2) is 57.2 Å². The van der Waals surface area contributed by atoms with Crippen molar-refractivity contribution in [3.63, 3.8) is 0 Å². The maximum absolute atomic E-state index is 12.8. The molecule has 0 aliphatic carbocycles. The molecule has 3 aromatic rings. The summed E-state index contributed by atoms with van der Waals surface area (Å²) in [7, 11) is 0. The number of aryl methyl sites for hydroxylation is 2. The number of hydrazone groups is 1. The van der Waals surface area contributed by atoms with E-state index >= 15 is 0 Å². The summed E-state index contributed by atoms with van der Waals surface area (Å²) >= 11 is 0. The molecule has 1 aromatic heterocycles. The largest absolute Gasteiger partial charge is 0.494 e. The van der Waals surface area contributed by atoms with Crippen molar-refractivity contribution < 1.29 is 14.6 Å². The monoisotopic (exact) mass is 462 g/mol. The number of aromatic amines is 1. The van der Waals surface area contributed by atoms with E-state index in [-0.39, 0.29) is 23.6 Å². The zero-order chi connectivity index (χ0) is 24.6. The summed E-state index contributed by atoms with van der Waals surface area (Å²) in [6, 6.07) is 12.2. The quantitative estimate of drug-likeness (QED) is 0.605. The van der Waals surface area contributed by atoms with Gasteiger partial charge in [-0.3, -0.25) is 14.6 Å². The number of H-pyrrole nitrogens is 1. The number of hydrogen-bond acceptors (Lipinski definition) is 6. The first-order valence-electron chi connectivity index (χ1n) is 11.0. The van der Waals surface area contributed by atoms with Gasteiger partial charge >= 0.3 is 5.69 Å². The fourth-order valence-electron chi connectivity index (χ4n) is 4.34. The van der Waals surface area contributed by atoms with E-state index in [4.69, 9.17) is 4.74 Å². The maximum atomic E-state index is 12.8. The predicted molar refractivity (Wildman–Crippen MR) is 128 cm³/mol. The molecule has 0 unspecified atom stereocenters. The van der Waals surface area contributed by atoms with Crippen LogP contribution in [0.2, 0.25) is 0 Å².